The van der Waals surface area contributed by atoms with Gasteiger partial charge in [-0.05, 0) is 17.2 Å². The minimum Gasteiger partial charge on any atom is -0.366 e. The number of rotatable bonds is 4. The van der Waals surface area contributed by atoms with Crippen LogP contribution in [0, 0.1) is 0 Å². The van der Waals surface area contributed by atoms with E-state index in [1.54, 1.807) is 6.20 Å². The lowest BCUT2D eigenvalue weighted by Crippen LogP contribution is -2.04. The first kappa shape index (κ1) is 12.1. The van der Waals surface area contributed by atoms with E-state index in [4.69, 9.17) is 23.2 Å². The second-order valence-corrected chi connectivity index (χ2v) is 4.09. The summed E-state index contributed by atoms with van der Waals surface area (Å²) in [6.45, 7) is 0.679. The molecule has 0 atom stereocenters. The summed E-state index contributed by atoms with van der Waals surface area (Å²) in [5.74, 6) is 1.04. The standard InChI is InChI=1S/C12H11Cl2N3/c13-6-10-8-16-12(14)17-11(10)15-7-9-4-2-1-3-5-9/h1-5,8H,6-7H2,(H,15,16,17). The minimum atomic E-state index is 0.217. The summed E-state index contributed by atoms with van der Waals surface area (Å²) in [6, 6.07) is 10.0. The van der Waals surface area contributed by atoms with Gasteiger partial charge >= 0.3 is 0 Å². The van der Waals surface area contributed by atoms with Gasteiger partial charge in [0, 0.05) is 18.3 Å². The Labute approximate surface area is 110 Å². The third-order valence-corrected chi connectivity index (χ3v) is 2.75. The van der Waals surface area contributed by atoms with Gasteiger partial charge in [-0.3, -0.25) is 0 Å². The summed E-state index contributed by atoms with van der Waals surface area (Å²) in [5, 5.41) is 3.42. The number of anilines is 1. The Hall–Kier alpha value is -1.32. The molecule has 0 saturated carbocycles. The van der Waals surface area contributed by atoms with Crippen molar-refractivity contribution in [2.75, 3.05) is 5.32 Å². The van der Waals surface area contributed by atoms with Gasteiger partial charge in [-0.1, -0.05) is 30.3 Å². The molecule has 2 aromatic rings. The number of nitrogens with zero attached hydrogens (tertiary/aromatic N) is 2. The molecule has 3 nitrogen and oxygen atoms in total. The summed E-state index contributed by atoms with van der Waals surface area (Å²) in [7, 11) is 0. The highest BCUT2D eigenvalue weighted by Crippen LogP contribution is 2.17. The molecule has 5 heteroatoms. The maximum Gasteiger partial charge on any atom is 0.224 e. The van der Waals surface area contributed by atoms with Crippen LogP contribution in [0.25, 0.3) is 0 Å². The van der Waals surface area contributed by atoms with Crippen LogP contribution in [0.15, 0.2) is 36.5 Å². The lowest BCUT2D eigenvalue weighted by atomic mass is 10.2. The predicted octanol–water partition coefficient (Wildman–Crippen LogP) is 3.48. The van der Waals surface area contributed by atoms with Crippen LogP contribution in [0.2, 0.25) is 5.28 Å². The highest BCUT2D eigenvalue weighted by Gasteiger charge is 2.04. The molecule has 0 radical (unpaired) electrons. The van der Waals surface area contributed by atoms with E-state index in [9.17, 15) is 0 Å². The fourth-order valence-corrected chi connectivity index (χ4v) is 1.75. The van der Waals surface area contributed by atoms with Crippen molar-refractivity contribution in [3.05, 3.63) is 52.9 Å². The fraction of sp³-hybridized carbons (Fsp3) is 0.167. The summed E-state index contributed by atoms with van der Waals surface area (Å²) in [6.07, 6.45) is 1.63. The Morgan fingerprint density at radius 1 is 1.18 bits per heavy atom. The van der Waals surface area contributed by atoms with Gasteiger partial charge in [-0.25, -0.2) is 9.97 Å². The SMILES string of the molecule is ClCc1cnc(Cl)nc1NCc1ccccc1. The van der Waals surface area contributed by atoms with Gasteiger partial charge in [0.15, 0.2) is 0 Å². The fourth-order valence-electron chi connectivity index (χ4n) is 1.42. The number of aromatic nitrogens is 2. The van der Waals surface area contributed by atoms with Gasteiger partial charge in [0.1, 0.15) is 5.82 Å². The van der Waals surface area contributed by atoms with E-state index in [1.165, 1.54) is 5.56 Å². The number of benzene rings is 1. The minimum absolute atomic E-state index is 0.217. The van der Waals surface area contributed by atoms with E-state index in [-0.39, 0.29) is 5.28 Å². The van der Waals surface area contributed by atoms with Crippen LogP contribution in [0.5, 0.6) is 0 Å². The van der Waals surface area contributed by atoms with Crippen molar-refractivity contribution in [1.82, 2.24) is 9.97 Å². The summed E-state index contributed by atoms with van der Waals surface area (Å²) in [4.78, 5) is 8.01. The Morgan fingerprint density at radius 3 is 2.65 bits per heavy atom. The van der Waals surface area contributed by atoms with Crippen molar-refractivity contribution in [1.29, 1.82) is 0 Å². The molecule has 0 unspecified atom stereocenters. The Kier molecular flexibility index (Phi) is 4.18. The van der Waals surface area contributed by atoms with Crippen molar-refractivity contribution in [3.8, 4) is 0 Å². The lowest BCUT2D eigenvalue weighted by molar-refractivity contribution is 1.05. The van der Waals surface area contributed by atoms with Crippen LogP contribution in [-0.4, -0.2) is 9.97 Å². The van der Waals surface area contributed by atoms with E-state index in [0.717, 1.165) is 5.56 Å². The number of hydrogen-bond donors (Lipinski definition) is 1. The molecule has 2 rings (SSSR count). The molecular formula is C12H11Cl2N3. The van der Waals surface area contributed by atoms with E-state index in [1.807, 2.05) is 30.3 Å². The molecule has 0 aliphatic rings. The van der Waals surface area contributed by atoms with Crippen molar-refractivity contribution in [2.24, 2.45) is 0 Å². The van der Waals surface area contributed by atoms with Crippen LogP contribution in [0.1, 0.15) is 11.1 Å². The average molecular weight is 268 g/mol. The van der Waals surface area contributed by atoms with Crippen molar-refractivity contribution in [3.63, 3.8) is 0 Å². The lowest BCUT2D eigenvalue weighted by Gasteiger charge is -2.09. The molecule has 0 saturated heterocycles. The number of halogens is 2. The molecule has 17 heavy (non-hydrogen) atoms. The molecule has 88 valence electrons. The third kappa shape index (κ3) is 3.32. The summed E-state index contributed by atoms with van der Waals surface area (Å²) in [5.41, 5.74) is 2.01. The van der Waals surface area contributed by atoms with Crippen LogP contribution < -0.4 is 5.32 Å². The van der Waals surface area contributed by atoms with Gasteiger partial charge in [-0.15, -0.1) is 11.6 Å². The first-order valence-corrected chi connectivity index (χ1v) is 6.06. The largest absolute Gasteiger partial charge is 0.366 e. The molecule has 0 aliphatic heterocycles. The summed E-state index contributed by atoms with van der Waals surface area (Å²) >= 11 is 11.6. The van der Waals surface area contributed by atoms with Crippen molar-refractivity contribution in [2.45, 2.75) is 12.4 Å². The van der Waals surface area contributed by atoms with Crippen LogP contribution in [-0.2, 0) is 12.4 Å². The first-order chi connectivity index (χ1) is 8.29. The number of hydrogen-bond acceptors (Lipinski definition) is 3. The van der Waals surface area contributed by atoms with Crippen LogP contribution >= 0.6 is 23.2 Å². The molecule has 1 heterocycles. The molecule has 0 aliphatic carbocycles. The highest BCUT2D eigenvalue weighted by atomic mass is 35.5. The Morgan fingerprint density at radius 2 is 1.94 bits per heavy atom. The maximum absolute atomic E-state index is 5.80. The molecule has 1 N–H and O–H groups in total. The Balaban J connectivity index is 2.11. The molecular weight excluding hydrogens is 257 g/mol. The van der Waals surface area contributed by atoms with E-state index in [0.29, 0.717) is 18.2 Å². The zero-order valence-electron chi connectivity index (χ0n) is 9.03. The summed E-state index contributed by atoms with van der Waals surface area (Å²) < 4.78 is 0. The van der Waals surface area contributed by atoms with E-state index in [2.05, 4.69) is 15.3 Å². The van der Waals surface area contributed by atoms with Crippen LogP contribution in [0.4, 0.5) is 5.82 Å². The van der Waals surface area contributed by atoms with Gasteiger partial charge in [-0.2, -0.15) is 0 Å². The maximum atomic E-state index is 5.80. The molecule has 0 fully saturated rings. The van der Waals surface area contributed by atoms with Gasteiger partial charge < -0.3 is 5.32 Å². The molecule has 0 spiro atoms. The van der Waals surface area contributed by atoms with Gasteiger partial charge in [0.25, 0.3) is 0 Å². The Bertz CT molecular complexity index is 488. The zero-order chi connectivity index (χ0) is 12.1. The van der Waals surface area contributed by atoms with Crippen molar-refractivity contribution < 1.29 is 0 Å². The molecule has 0 bridgehead atoms. The molecule has 1 aromatic carbocycles. The second kappa shape index (κ2) is 5.84. The van der Waals surface area contributed by atoms with E-state index < -0.39 is 0 Å². The van der Waals surface area contributed by atoms with Gasteiger partial charge in [0.05, 0.1) is 5.88 Å². The first-order valence-electron chi connectivity index (χ1n) is 5.15. The van der Waals surface area contributed by atoms with E-state index >= 15 is 0 Å². The number of nitrogens with one attached hydrogen (secondary N) is 1. The van der Waals surface area contributed by atoms with Gasteiger partial charge in [0.2, 0.25) is 5.28 Å². The quantitative estimate of drug-likeness (QED) is 0.681. The normalized spacial score (nSPS) is 10.2. The topological polar surface area (TPSA) is 37.8 Å². The molecule has 0 amide bonds. The average Bonchev–Trinajstić information content (AvgIpc) is 2.38. The smallest absolute Gasteiger partial charge is 0.224 e. The monoisotopic (exact) mass is 267 g/mol. The highest BCUT2D eigenvalue weighted by molar-refractivity contribution is 6.28. The van der Waals surface area contributed by atoms with Crippen molar-refractivity contribution >= 4 is 29.0 Å². The third-order valence-electron chi connectivity index (χ3n) is 2.28. The van der Waals surface area contributed by atoms with Crippen LogP contribution in [0.3, 0.4) is 0 Å². The number of alkyl halides is 1. The zero-order valence-corrected chi connectivity index (χ0v) is 10.5. The second-order valence-electron chi connectivity index (χ2n) is 3.49. The molecule has 1 aromatic heterocycles. The predicted molar refractivity (Wildman–Crippen MR) is 70.4 cm³/mol.